The SMILES string of the molecule is CCCCCOC#CC1(C#COCCCCC)Nc2cccc3c(C4=C(O)/C(=C5/C=CC6NC(COC(=O)CCCCC)(COC(=O)CCCCC)Nc7cccc5c76)C4=O)ccc(c23)N1. The summed E-state index contributed by atoms with van der Waals surface area (Å²) < 4.78 is 23.0. The van der Waals surface area contributed by atoms with Gasteiger partial charge in [-0.15, -0.1) is 0 Å². The Morgan fingerprint density at radius 1 is 0.667 bits per heavy atom. The summed E-state index contributed by atoms with van der Waals surface area (Å²) in [6, 6.07) is 14.8. The molecular formula is C54H64N4O8. The molecule has 12 nitrogen and oxygen atoms in total. The summed E-state index contributed by atoms with van der Waals surface area (Å²) in [7, 11) is 0. The predicted molar refractivity (Wildman–Crippen MR) is 260 cm³/mol. The minimum Gasteiger partial charge on any atom is -0.506 e. The number of hydrogen-bond donors (Lipinski definition) is 5. The Morgan fingerprint density at radius 3 is 1.85 bits per heavy atom. The van der Waals surface area contributed by atoms with Gasteiger partial charge < -0.3 is 40.0 Å². The number of benzene rings is 3. The van der Waals surface area contributed by atoms with Crippen molar-refractivity contribution in [2.75, 3.05) is 42.4 Å². The van der Waals surface area contributed by atoms with E-state index in [2.05, 4.69) is 73.0 Å². The van der Waals surface area contributed by atoms with E-state index < -0.39 is 11.3 Å². The maximum absolute atomic E-state index is 14.4. The van der Waals surface area contributed by atoms with Crippen LogP contribution in [0.1, 0.15) is 140 Å². The number of nitrogens with one attached hydrogen (secondary N) is 4. The normalized spacial score (nSPS) is 17.9. The van der Waals surface area contributed by atoms with Crippen molar-refractivity contribution >= 4 is 56.7 Å². The Kier molecular flexibility index (Phi) is 16.0. The Balaban J connectivity index is 1.17. The van der Waals surface area contributed by atoms with Crippen LogP contribution in [-0.4, -0.2) is 60.6 Å². The van der Waals surface area contributed by atoms with Gasteiger partial charge in [0.15, 0.2) is 5.66 Å². The number of hydrogen-bond acceptors (Lipinski definition) is 12. The summed E-state index contributed by atoms with van der Waals surface area (Å²) >= 11 is 0. The first kappa shape index (κ1) is 47.6. The van der Waals surface area contributed by atoms with Crippen LogP contribution < -0.4 is 21.3 Å². The molecule has 0 saturated carbocycles. The number of ether oxygens (including phenoxy) is 4. The van der Waals surface area contributed by atoms with E-state index in [4.69, 9.17) is 18.9 Å². The molecule has 0 fully saturated rings. The molecule has 2 aliphatic carbocycles. The molecule has 3 aromatic rings. The van der Waals surface area contributed by atoms with Gasteiger partial charge in [-0.25, -0.2) is 0 Å². The zero-order valence-electron chi connectivity index (χ0n) is 38.9. The van der Waals surface area contributed by atoms with Gasteiger partial charge in [0.2, 0.25) is 11.4 Å². The van der Waals surface area contributed by atoms with E-state index in [1.54, 1.807) is 0 Å². The minimum atomic E-state index is -1.22. The number of anilines is 3. The first-order valence-corrected chi connectivity index (χ1v) is 24.0. The van der Waals surface area contributed by atoms with Crippen molar-refractivity contribution in [2.45, 2.75) is 135 Å². The van der Waals surface area contributed by atoms with E-state index in [0.717, 1.165) is 116 Å². The smallest absolute Gasteiger partial charge is 0.305 e. The summed E-state index contributed by atoms with van der Waals surface area (Å²) in [4.78, 5) is 40.1. The van der Waals surface area contributed by atoms with Crippen molar-refractivity contribution < 1.29 is 38.4 Å². The molecule has 12 heteroatoms. The van der Waals surface area contributed by atoms with E-state index in [-0.39, 0.29) is 53.9 Å². The molecule has 4 aliphatic rings. The molecular weight excluding hydrogens is 833 g/mol. The van der Waals surface area contributed by atoms with Gasteiger partial charge in [-0.2, -0.15) is 0 Å². The third-order valence-electron chi connectivity index (χ3n) is 12.4. The van der Waals surface area contributed by atoms with Crippen molar-refractivity contribution in [3.63, 3.8) is 0 Å². The standard InChI is InChI=1S/C54H64N4O8/c1-5-9-13-23-45(59)65-35-54(36-66-46(60)24-14-10-6-2)57-42-22-18-20-38-40(26-28-44(58-54)48(38)42)50-51(61)49(52(50)62)39-25-27-43-47-37(39)19-17-21-41(47)55-53(56-43,29-33-63-31-15-11-7-3)30-34-64-32-16-12-8-4/h17-22,25-28,44,55-58,61H,5-16,23-24,31-32,35-36H2,1-4H3/b50-40+. The molecule has 2 aliphatic heterocycles. The second-order valence-corrected chi connectivity index (χ2v) is 17.5. The van der Waals surface area contributed by atoms with Crippen LogP contribution in [0.15, 0.2) is 72.0 Å². The van der Waals surface area contributed by atoms with E-state index in [9.17, 15) is 19.5 Å². The van der Waals surface area contributed by atoms with Crippen molar-refractivity contribution in [1.82, 2.24) is 5.32 Å². The van der Waals surface area contributed by atoms with Crippen LogP contribution in [0, 0.1) is 24.1 Å². The quantitative estimate of drug-likeness (QED) is 0.0299. The topological polar surface area (TPSA) is 156 Å². The highest BCUT2D eigenvalue weighted by molar-refractivity contribution is 6.43. The van der Waals surface area contributed by atoms with Gasteiger partial charge in [0.05, 0.1) is 17.2 Å². The summed E-state index contributed by atoms with van der Waals surface area (Å²) in [5, 5.41) is 27.6. The van der Waals surface area contributed by atoms with Crippen LogP contribution in [0.4, 0.5) is 17.1 Å². The second kappa shape index (κ2) is 22.2. The molecule has 2 heterocycles. The lowest BCUT2D eigenvalue weighted by atomic mass is 9.75. The largest absolute Gasteiger partial charge is 0.506 e. The lowest BCUT2D eigenvalue weighted by Gasteiger charge is -2.45. The van der Waals surface area contributed by atoms with Gasteiger partial charge in [0.25, 0.3) is 0 Å². The molecule has 5 N–H and O–H groups in total. The van der Waals surface area contributed by atoms with Crippen LogP contribution in [-0.2, 0) is 33.3 Å². The maximum Gasteiger partial charge on any atom is 0.305 e. The first-order valence-electron chi connectivity index (χ1n) is 24.0. The molecule has 348 valence electrons. The molecule has 0 bridgehead atoms. The summed E-state index contributed by atoms with van der Waals surface area (Å²) in [5.74, 6) is 5.34. The number of ketones is 1. The number of unbranched alkanes of at least 4 members (excludes halogenated alkanes) is 8. The average molecular weight is 897 g/mol. The molecule has 0 aromatic heterocycles. The summed E-state index contributed by atoms with van der Waals surface area (Å²) in [5.41, 5.74) is 3.18. The van der Waals surface area contributed by atoms with Crippen molar-refractivity contribution in [3.8, 4) is 24.1 Å². The number of aliphatic hydroxyl groups excluding tert-OH is 1. The highest BCUT2D eigenvalue weighted by atomic mass is 16.6. The lowest BCUT2D eigenvalue weighted by molar-refractivity contribution is -0.150. The number of esters is 2. The Labute approximate surface area is 389 Å². The molecule has 0 spiro atoms. The Hall–Kier alpha value is -6.37. The third kappa shape index (κ3) is 10.7. The third-order valence-corrected chi connectivity index (χ3v) is 12.4. The number of aliphatic hydroxyl groups is 1. The molecule has 0 radical (unpaired) electrons. The number of Topliss-reactive ketones (excluding diaryl/α,β-unsaturated/α-hetero) is 1. The van der Waals surface area contributed by atoms with Crippen LogP contribution in [0.2, 0.25) is 0 Å². The zero-order valence-corrected chi connectivity index (χ0v) is 38.9. The van der Waals surface area contributed by atoms with E-state index in [0.29, 0.717) is 37.2 Å². The lowest BCUT2D eigenvalue weighted by Crippen LogP contribution is -2.62. The monoisotopic (exact) mass is 896 g/mol. The first-order chi connectivity index (χ1) is 32.2. The van der Waals surface area contributed by atoms with Crippen LogP contribution in [0.5, 0.6) is 0 Å². The van der Waals surface area contributed by atoms with E-state index in [1.165, 1.54) is 0 Å². The maximum atomic E-state index is 14.4. The summed E-state index contributed by atoms with van der Waals surface area (Å²) in [6.45, 7) is 9.33. The van der Waals surface area contributed by atoms with Gasteiger partial charge in [0, 0.05) is 52.7 Å². The Bertz CT molecular complexity index is 2450. The van der Waals surface area contributed by atoms with Gasteiger partial charge in [-0.05, 0) is 66.0 Å². The molecule has 0 amide bonds. The zero-order chi connectivity index (χ0) is 46.5. The van der Waals surface area contributed by atoms with Gasteiger partial charge in [-0.3, -0.25) is 19.7 Å². The van der Waals surface area contributed by atoms with Gasteiger partial charge in [0.1, 0.15) is 44.4 Å². The number of allylic oxidation sites excluding steroid dienone is 4. The second-order valence-electron chi connectivity index (χ2n) is 17.5. The number of rotatable bonds is 21. The molecule has 7 rings (SSSR count). The fourth-order valence-corrected chi connectivity index (χ4v) is 8.84. The fourth-order valence-electron chi connectivity index (χ4n) is 8.84. The summed E-state index contributed by atoms with van der Waals surface area (Å²) in [6.07, 6.45) is 21.5. The molecule has 66 heavy (non-hydrogen) atoms. The van der Waals surface area contributed by atoms with E-state index in [1.807, 2.05) is 60.7 Å². The fraction of sp³-hybridized carbons (Fsp3) is 0.463. The van der Waals surface area contributed by atoms with Crippen molar-refractivity contribution in [2.24, 2.45) is 0 Å². The van der Waals surface area contributed by atoms with Crippen LogP contribution >= 0.6 is 0 Å². The van der Waals surface area contributed by atoms with E-state index >= 15 is 0 Å². The highest BCUT2D eigenvalue weighted by Gasteiger charge is 2.45. The molecule has 0 saturated heterocycles. The number of carbonyl (C=O) groups excluding carboxylic acids is 3. The van der Waals surface area contributed by atoms with Crippen LogP contribution in [0.3, 0.4) is 0 Å². The minimum absolute atomic E-state index is 0.0735. The van der Waals surface area contributed by atoms with Crippen molar-refractivity contribution in [1.29, 1.82) is 0 Å². The molecule has 3 aromatic carbocycles. The molecule has 1 atom stereocenters. The predicted octanol–water partition coefficient (Wildman–Crippen LogP) is 10.6. The van der Waals surface area contributed by atoms with Crippen molar-refractivity contribution in [3.05, 3.63) is 88.7 Å². The van der Waals surface area contributed by atoms with Crippen LogP contribution in [0.25, 0.3) is 21.9 Å². The Morgan fingerprint density at radius 2 is 1.24 bits per heavy atom. The highest BCUT2D eigenvalue weighted by Crippen LogP contribution is 2.49. The average Bonchev–Trinajstić information content (AvgIpc) is 3.32. The number of carbonyl (C=O) groups is 3. The van der Waals surface area contributed by atoms with Gasteiger partial charge in [-0.1, -0.05) is 122 Å². The van der Waals surface area contributed by atoms with Gasteiger partial charge >= 0.3 is 11.9 Å². The molecule has 1 unspecified atom stereocenters.